The average molecular weight is 320 g/mol. The van der Waals surface area contributed by atoms with Crippen LogP contribution in [0, 0.1) is 12.8 Å². The van der Waals surface area contributed by atoms with Crippen molar-refractivity contribution >= 4 is 11.6 Å². The Morgan fingerprint density at radius 1 is 1.04 bits per heavy atom. The zero-order valence-electron chi connectivity index (χ0n) is 14.2. The molecule has 2 atom stereocenters. The molecular formula is C22H24O2. The fourth-order valence-electron chi connectivity index (χ4n) is 3.68. The van der Waals surface area contributed by atoms with Crippen LogP contribution in [0.3, 0.4) is 0 Å². The molecule has 0 radical (unpaired) electrons. The van der Waals surface area contributed by atoms with E-state index < -0.39 is 0 Å². The lowest BCUT2D eigenvalue weighted by atomic mass is 9.73. The third-order valence-electron chi connectivity index (χ3n) is 5.09. The zero-order chi connectivity index (χ0) is 16.9. The number of hydrogen-bond donors (Lipinski definition) is 0. The molecule has 3 rings (SSSR count). The maximum absolute atomic E-state index is 12.7. The summed E-state index contributed by atoms with van der Waals surface area (Å²) in [6, 6.07) is 17.7. The first-order valence-electron chi connectivity index (χ1n) is 8.82. The molecule has 0 saturated heterocycles. The van der Waals surface area contributed by atoms with Crippen molar-refractivity contribution < 1.29 is 9.59 Å². The molecule has 1 fully saturated rings. The third kappa shape index (κ3) is 3.81. The molecule has 1 aliphatic rings. The van der Waals surface area contributed by atoms with Crippen LogP contribution in [-0.2, 0) is 4.79 Å². The molecule has 1 aliphatic carbocycles. The van der Waals surface area contributed by atoms with Crippen molar-refractivity contribution in [2.75, 3.05) is 0 Å². The smallest absolute Gasteiger partial charge is 0.163 e. The predicted octanol–water partition coefficient (Wildman–Crippen LogP) is 5.11. The normalized spacial score (nSPS) is 19.0. The van der Waals surface area contributed by atoms with Crippen LogP contribution in [0.15, 0.2) is 54.6 Å². The predicted molar refractivity (Wildman–Crippen MR) is 96.3 cm³/mol. The van der Waals surface area contributed by atoms with Crippen LogP contribution in [0.1, 0.15) is 59.5 Å². The topological polar surface area (TPSA) is 34.1 Å². The minimum absolute atomic E-state index is 0.00824. The molecule has 2 aromatic carbocycles. The van der Waals surface area contributed by atoms with Crippen molar-refractivity contribution in [3.63, 3.8) is 0 Å². The fourth-order valence-corrected chi connectivity index (χ4v) is 3.68. The van der Waals surface area contributed by atoms with Crippen LogP contribution in [0.25, 0.3) is 0 Å². The molecule has 0 bridgehead atoms. The van der Waals surface area contributed by atoms with E-state index in [0.29, 0.717) is 18.6 Å². The fraction of sp³-hybridized carbons (Fsp3) is 0.364. The van der Waals surface area contributed by atoms with Crippen LogP contribution in [0.4, 0.5) is 0 Å². The Hall–Kier alpha value is -2.22. The van der Waals surface area contributed by atoms with Gasteiger partial charge in [0.05, 0.1) is 0 Å². The summed E-state index contributed by atoms with van der Waals surface area (Å²) in [4.78, 5) is 25.2. The molecule has 124 valence electrons. The molecule has 2 aromatic rings. The Morgan fingerprint density at radius 2 is 1.75 bits per heavy atom. The van der Waals surface area contributed by atoms with Gasteiger partial charge in [0.1, 0.15) is 5.78 Å². The second-order valence-corrected chi connectivity index (χ2v) is 6.83. The van der Waals surface area contributed by atoms with Gasteiger partial charge in [-0.05, 0) is 25.3 Å². The summed E-state index contributed by atoms with van der Waals surface area (Å²) in [5.74, 6) is 0.424. The first kappa shape index (κ1) is 16.6. The Morgan fingerprint density at radius 3 is 2.42 bits per heavy atom. The number of hydrogen-bond acceptors (Lipinski definition) is 2. The van der Waals surface area contributed by atoms with Crippen molar-refractivity contribution in [2.24, 2.45) is 5.92 Å². The molecule has 0 N–H and O–H groups in total. The van der Waals surface area contributed by atoms with Gasteiger partial charge >= 0.3 is 0 Å². The number of aryl methyl sites for hydroxylation is 1. The van der Waals surface area contributed by atoms with E-state index in [1.165, 1.54) is 5.56 Å². The molecule has 0 aliphatic heterocycles. The Kier molecular flexibility index (Phi) is 5.24. The average Bonchev–Trinajstić information content (AvgIpc) is 2.62. The summed E-state index contributed by atoms with van der Waals surface area (Å²) >= 11 is 0. The van der Waals surface area contributed by atoms with E-state index >= 15 is 0 Å². The summed E-state index contributed by atoms with van der Waals surface area (Å²) in [7, 11) is 0. The van der Waals surface area contributed by atoms with Gasteiger partial charge in [0, 0.05) is 30.2 Å². The lowest BCUT2D eigenvalue weighted by molar-refractivity contribution is -0.125. The first-order chi connectivity index (χ1) is 11.6. The molecule has 24 heavy (non-hydrogen) atoms. The highest BCUT2D eigenvalue weighted by molar-refractivity contribution is 5.97. The molecule has 0 spiro atoms. The Labute approximate surface area is 143 Å². The highest BCUT2D eigenvalue weighted by atomic mass is 16.1. The van der Waals surface area contributed by atoms with Gasteiger partial charge in [-0.3, -0.25) is 9.59 Å². The van der Waals surface area contributed by atoms with E-state index in [9.17, 15) is 9.59 Å². The molecule has 1 saturated carbocycles. The lowest BCUT2D eigenvalue weighted by Gasteiger charge is -2.29. The van der Waals surface area contributed by atoms with E-state index in [1.54, 1.807) is 0 Å². The van der Waals surface area contributed by atoms with Crippen LogP contribution in [0.5, 0.6) is 0 Å². The molecule has 0 aromatic heterocycles. The van der Waals surface area contributed by atoms with Gasteiger partial charge in [0.25, 0.3) is 0 Å². The van der Waals surface area contributed by atoms with E-state index in [4.69, 9.17) is 0 Å². The molecular weight excluding hydrogens is 296 g/mol. The van der Waals surface area contributed by atoms with Gasteiger partial charge in [-0.1, -0.05) is 66.6 Å². The van der Waals surface area contributed by atoms with Crippen molar-refractivity contribution in [1.29, 1.82) is 0 Å². The number of benzene rings is 2. The maximum atomic E-state index is 12.7. The lowest BCUT2D eigenvalue weighted by Crippen LogP contribution is -2.27. The van der Waals surface area contributed by atoms with E-state index in [2.05, 4.69) is 31.2 Å². The van der Waals surface area contributed by atoms with E-state index in [0.717, 1.165) is 30.4 Å². The van der Waals surface area contributed by atoms with Gasteiger partial charge in [-0.2, -0.15) is 0 Å². The van der Waals surface area contributed by atoms with Crippen molar-refractivity contribution in [1.82, 2.24) is 0 Å². The number of Topliss-reactive ketones (excluding diaryl/α,β-unsaturated/α-hetero) is 2. The molecule has 0 amide bonds. The molecule has 0 unspecified atom stereocenters. The van der Waals surface area contributed by atoms with Gasteiger partial charge in [-0.15, -0.1) is 0 Å². The van der Waals surface area contributed by atoms with Gasteiger partial charge < -0.3 is 0 Å². The van der Waals surface area contributed by atoms with E-state index in [-0.39, 0.29) is 17.6 Å². The van der Waals surface area contributed by atoms with Crippen molar-refractivity contribution in [3.05, 3.63) is 71.3 Å². The Bertz CT molecular complexity index is 701. The van der Waals surface area contributed by atoms with E-state index in [1.807, 2.05) is 30.3 Å². The third-order valence-corrected chi connectivity index (χ3v) is 5.09. The number of rotatable bonds is 5. The van der Waals surface area contributed by atoms with Crippen LogP contribution >= 0.6 is 0 Å². The monoisotopic (exact) mass is 320 g/mol. The number of carbonyl (C=O) groups is 2. The highest BCUT2D eigenvalue weighted by Gasteiger charge is 2.32. The summed E-state index contributed by atoms with van der Waals surface area (Å²) in [5.41, 5.74) is 3.05. The van der Waals surface area contributed by atoms with Crippen molar-refractivity contribution in [2.45, 2.75) is 44.9 Å². The second-order valence-electron chi connectivity index (χ2n) is 6.83. The molecule has 2 nitrogen and oxygen atoms in total. The minimum Gasteiger partial charge on any atom is -0.299 e. The summed E-state index contributed by atoms with van der Waals surface area (Å²) in [5, 5.41) is 0. The summed E-state index contributed by atoms with van der Waals surface area (Å²) < 4.78 is 0. The van der Waals surface area contributed by atoms with Crippen LogP contribution in [-0.4, -0.2) is 11.6 Å². The van der Waals surface area contributed by atoms with Crippen LogP contribution in [0.2, 0.25) is 0 Å². The van der Waals surface area contributed by atoms with Gasteiger partial charge in [0.15, 0.2) is 5.78 Å². The van der Waals surface area contributed by atoms with Crippen molar-refractivity contribution in [3.8, 4) is 0 Å². The first-order valence-corrected chi connectivity index (χ1v) is 8.82. The second kappa shape index (κ2) is 7.57. The maximum Gasteiger partial charge on any atom is 0.163 e. The largest absolute Gasteiger partial charge is 0.299 e. The zero-order valence-corrected chi connectivity index (χ0v) is 14.2. The SMILES string of the molecule is Cc1ccc([C@@H](CC(=O)c2ccccc2)[C@@H]2CCCCC2=O)cc1. The standard InChI is InChI=1S/C22H24O2/c1-16-11-13-17(14-12-16)20(19-9-5-6-10-21(19)23)15-22(24)18-7-3-2-4-8-18/h2-4,7-8,11-14,19-20H,5-6,9-10,15H2,1H3/t19-,20+/m0/s1. The minimum atomic E-state index is -0.0193. The highest BCUT2D eigenvalue weighted by Crippen LogP contribution is 2.37. The molecule has 0 heterocycles. The quantitative estimate of drug-likeness (QED) is 0.717. The summed E-state index contributed by atoms with van der Waals surface area (Å²) in [6.07, 6.45) is 4.04. The van der Waals surface area contributed by atoms with Gasteiger partial charge in [-0.25, -0.2) is 0 Å². The number of ketones is 2. The summed E-state index contributed by atoms with van der Waals surface area (Å²) in [6.45, 7) is 2.06. The Balaban J connectivity index is 1.88. The number of carbonyl (C=O) groups excluding carboxylic acids is 2. The van der Waals surface area contributed by atoms with Crippen LogP contribution < -0.4 is 0 Å². The van der Waals surface area contributed by atoms with Gasteiger partial charge in [0.2, 0.25) is 0 Å². The molecule has 2 heteroatoms.